The quantitative estimate of drug-likeness (QED) is 0.578. The summed E-state index contributed by atoms with van der Waals surface area (Å²) in [5.74, 6) is -3.15. The van der Waals surface area contributed by atoms with E-state index < -0.39 is 33.3 Å². The van der Waals surface area contributed by atoms with E-state index in [2.05, 4.69) is 10.0 Å². The lowest BCUT2D eigenvalue weighted by Gasteiger charge is -2.27. The van der Waals surface area contributed by atoms with Gasteiger partial charge < -0.3 is 5.32 Å². The van der Waals surface area contributed by atoms with Crippen LogP contribution in [0.25, 0.3) is 0 Å². The molecule has 0 radical (unpaired) electrons. The van der Waals surface area contributed by atoms with Gasteiger partial charge in [0.05, 0.1) is 11.4 Å². The number of rotatable bonds is 5. The lowest BCUT2D eigenvalue weighted by molar-refractivity contribution is 0.349. The fraction of sp³-hybridized carbons (Fsp3) is 0.294. The van der Waals surface area contributed by atoms with E-state index in [1.165, 1.54) is 16.4 Å². The molecule has 0 saturated carbocycles. The van der Waals surface area contributed by atoms with Gasteiger partial charge in [-0.2, -0.15) is 12.7 Å². The van der Waals surface area contributed by atoms with Crippen LogP contribution in [0.2, 0.25) is 0 Å². The SMILES string of the molecule is O=S(=O)(Nc1ccc(F)c(F)c1Nc1ccc(I)cc1F)N1CCCCC1. The molecule has 1 heterocycles. The van der Waals surface area contributed by atoms with Gasteiger partial charge in [0.15, 0.2) is 11.6 Å². The first kappa shape index (κ1) is 20.2. The van der Waals surface area contributed by atoms with Crippen molar-refractivity contribution < 1.29 is 21.6 Å². The van der Waals surface area contributed by atoms with Crippen LogP contribution in [-0.4, -0.2) is 25.8 Å². The Bertz CT molecular complexity index is 951. The van der Waals surface area contributed by atoms with Gasteiger partial charge in [-0.1, -0.05) is 6.42 Å². The van der Waals surface area contributed by atoms with E-state index in [9.17, 15) is 21.6 Å². The van der Waals surface area contributed by atoms with Gasteiger partial charge in [0.1, 0.15) is 11.5 Å². The number of nitrogens with zero attached hydrogens (tertiary/aromatic N) is 1. The van der Waals surface area contributed by atoms with Crippen molar-refractivity contribution in [2.75, 3.05) is 23.1 Å². The number of anilines is 3. The van der Waals surface area contributed by atoms with Crippen molar-refractivity contribution in [1.82, 2.24) is 4.31 Å². The summed E-state index contributed by atoms with van der Waals surface area (Å²) >= 11 is 1.92. The molecular weight excluding hydrogens is 494 g/mol. The molecule has 0 amide bonds. The summed E-state index contributed by atoms with van der Waals surface area (Å²) in [4.78, 5) is 0. The lowest BCUT2D eigenvalue weighted by Crippen LogP contribution is -2.39. The Kier molecular flexibility index (Phi) is 6.16. The summed E-state index contributed by atoms with van der Waals surface area (Å²) in [6.07, 6.45) is 2.41. The second-order valence-corrected chi connectivity index (χ2v) is 9.02. The van der Waals surface area contributed by atoms with Gasteiger partial charge in [0, 0.05) is 16.7 Å². The number of piperidine rings is 1. The molecule has 1 aliphatic rings. The van der Waals surface area contributed by atoms with Crippen LogP contribution >= 0.6 is 22.6 Å². The maximum atomic E-state index is 14.4. The minimum absolute atomic E-state index is 0.0988. The first-order valence-corrected chi connectivity index (χ1v) is 10.8. The number of hydrogen-bond acceptors (Lipinski definition) is 3. The summed E-state index contributed by atoms with van der Waals surface area (Å²) < 4.78 is 71.5. The van der Waals surface area contributed by atoms with Crippen LogP contribution in [0.15, 0.2) is 30.3 Å². The topological polar surface area (TPSA) is 61.4 Å². The van der Waals surface area contributed by atoms with E-state index in [1.807, 2.05) is 22.6 Å². The van der Waals surface area contributed by atoms with E-state index in [1.54, 1.807) is 6.07 Å². The third-order valence-corrected chi connectivity index (χ3v) is 6.37. The first-order chi connectivity index (χ1) is 12.8. The van der Waals surface area contributed by atoms with Crippen molar-refractivity contribution >= 4 is 49.9 Å². The third-order valence-electron chi connectivity index (χ3n) is 4.18. The summed E-state index contributed by atoms with van der Waals surface area (Å²) in [6, 6.07) is 6.09. The van der Waals surface area contributed by atoms with Crippen LogP contribution in [-0.2, 0) is 10.2 Å². The van der Waals surface area contributed by atoms with Crippen LogP contribution in [0.3, 0.4) is 0 Å². The van der Waals surface area contributed by atoms with Gasteiger partial charge in [-0.05, 0) is 65.8 Å². The normalized spacial score (nSPS) is 15.6. The molecule has 0 atom stereocenters. The molecule has 0 bridgehead atoms. The summed E-state index contributed by atoms with van der Waals surface area (Å²) in [5.41, 5.74) is -0.772. The summed E-state index contributed by atoms with van der Waals surface area (Å²) in [7, 11) is -3.94. The molecule has 5 nitrogen and oxygen atoms in total. The van der Waals surface area contributed by atoms with Crippen LogP contribution in [0.1, 0.15) is 19.3 Å². The highest BCUT2D eigenvalue weighted by molar-refractivity contribution is 14.1. The van der Waals surface area contributed by atoms with Crippen LogP contribution < -0.4 is 10.0 Å². The number of halogens is 4. The van der Waals surface area contributed by atoms with Crippen molar-refractivity contribution in [2.45, 2.75) is 19.3 Å². The van der Waals surface area contributed by atoms with E-state index in [4.69, 9.17) is 0 Å². The Labute approximate surface area is 169 Å². The molecule has 0 unspecified atom stereocenters. The molecule has 0 aliphatic carbocycles. The second-order valence-electron chi connectivity index (χ2n) is 6.10. The Morgan fingerprint density at radius 3 is 2.26 bits per heavy atom. The molecule has 2 aromatic rings. The van der Waals surface area contributed by atoms with E-state index in [0.29, 0.717) is 16.7 Å². The molecule has 1 fully saturated rings. The molecule has 1 aliphatic heterocycles. The minimum Gasteiger partial charge on any atom is -0.349 e. The van der Waals surface area contributed by atoms with Gasteiger partial charge in [0.2, 0.25) is 0 Å². The molecule has 146 valence electrons. The van der Waals surface area contributed by atoms with Crippen molar-refractivity contribution in [3.63, 3.8) is 0 Å². The van der Waals surface area contributed by atoms with Crippen LogP contribution in [0.4, 0.5) is 30.2 Å². The lowest BCUT2D eigenvalue weighted by atomic mass is 10.2. The fourth-order valence-corrected chi connectivity index (χ4v) is 4.56. The predicted molar refractivity (Wildman–Crippen MR) is 107 cm³/mol. The average Bonchev–Trinajstić information content (AvgIpc) is 2.63. The zero-order valence-electron chi connectivity index (χ0n) is 14.1. The second kappa shape index (κ2) is 8.23. The maximum Gasteiger partial charge on any atom is 0.301 e. The Hall–Kier alpha value is -1.53. The van der Waals surface area contributed by atoms with Gasteiger partial charge in [-0.3, -0.25) is 4.72 Å². The highest BCUT2D eigenvalue weighted by Gasteiger charge is 2.26. The Morgan fingerprint density at radius 1 is 0.926 bits per heavy atom. The van der Waals surface area contributed by atoms with Gasteiger partial charge in [-0.15, -0.1) is 0 Å². The standard InChI is InChI=1S/C17H17F3IN3O2S/c18-12-5-7-15(23-27(25,26)24-8-2-1-3-9-24)17(16(12)20)22-14-6-4-11(21)10-13(14)19/h4-7,10,22-23H,1-3,8-9H2. The molecule has 0 aromatic heterocycles. The van der Waals surface area contributed by atoms with E-state index >= 15 is 0 Å². The fourth-order valence-electron chi connectivity index (χ4n) is 2.79. The zero-order chi connectivity index (χ0) is 19.6. The van der Waals surface area contributed by atoms with Crippen molar-refractivity contribution in [2.24, 2.45) is 0 Å². The molecule has 1 saturated heterocycles. The predicted octanol–water partition coefficient (Wildman–Crippen LogP) is 4.59. The minimum atomic E-state index is -3.94. The maximum absolute atomic E-state index is 14.4. The Balaban J connectivity index is 1.95. The largest absolute Gasteiger partial charge is 0.349 e. The summed E-state index contributed by atoms with van der Waals surface area (Å²) in [5, 5.41) is 2.46. The highest BCUT2D eigenvalue weighted by Crippen LogP contribution is 2.33. The van der Waals surface area contributed by atoms with Crippen molar-refractivity contribution in [3.05, 3.63) is 51.4 Å². The Morgan fingerprint density at radius 2 is 1.59 bits per heavy atom. The summed E-state index contributed by atoms with van der Waals surface area (Å²) in [6.45, 7) is 0.709. The van der Waals surface area contributed by atoms with Crippen molar-refractivity contribution in [3.8, 4) is 0 Å². The van der Waals surface area contributed by atoms with E-state index in [-0.39, 0.29) is 11.4 Å². The number of hydrogen-bond donors (Lipinski definition) is 2. The molecule has 2 N–H and O–H groups in total. The monoisotopic (exact) mass is 511 g/mol. The van der Waals surface area contributed by atoms with Crippen molar-refractivity contribution in [1.29, 1.82) is 0 Å². The molecule has 3 rings (SSSR count). The van der Waals surface area contributed by atoms with Gasteiger partial charge in [0.25, 0.3) is 0 Å². The number of nitrogens with one attached hydrogen (secondary N) is 2. The van der Waals surface area contributed by atoms with Crippen LogP contribution in [0.5, 0.6) is 0 Å². The molecule has 10 heteroatoms. The zero-order valence-corrected chi connectivity index (χ0v) is 17.1. The van der Waals surface area contributed by atoms with Crippen LogP contribution in [0, 0.1) is 21.0 Å². The smallest absolute Gasteiger partial charge is 0.301 e. The van der Waals surface area contributed by atoms with Gasteiger partial charge >= 0.3 is 10.2 Å². The first-order valence-electron chi connectivity index (χ1n) is 8.26. The average molecular weight is 511 g/mol. The molecular formula is C17H17F3IN3O2S. The van der Waals surface area contributed by atoms with E-state index in [0.717, 1.165) is 31.4 Å². The van der Waals surface area contributed by atoms with Gasteiger partial charge in [-0.25, -0.2) is 13.2 Å². The molecule has 27 heavy (non-hydrogen) atoms. The number of benzene rings is 2. The molecule has 0 spiro atoms. The molecule has 2 aromatic carbocycles. The highest BCUT2D eigenvalue weighted by atomic mass is 127. The third kappa shape index (κ3) is 4.66.